The second-order valence-corrected chi connectivity index (χ2v) is 5.66. The van der Waals surface area contributed by atoms with Crippen molar-refractivity contribution in [2.45, 2.75) is 18.9 Å². The Hall–Kier alpha value is -2.66. The van der Waals surface area contributed by atoms with Crippen LogP contribution in [0.15, 0.2) is 51.7 Å². The van der Waals surface area contributed by atoms with Crippen LogP contribution in [-0.4, -0.2) is 18.6 Å². The van der Waals surface area contributed by atoms with Crippen LogP contribution in [0.2, 0.25) is 0 Å². The first-order valence-corrected chi connectivity index (χ1v) is 7.63. The maximum Gasteiger partial charge on any atom is 0.344 e. The van der Waals surface area contributed by atoms with Crippen LogP contribution in [0.3, 0.4) is 0 Å². The van der Waals surface area contributed by atoms with Crippen LogP contribution in [0, 0.1) is 0 Å². The monoisotopic (exact) mass is 309 g/mol. The van der Waals surface area contributed by atoms with Crippen LogP contribution in [-0.2, 0) is 4.79 Å². The number of hydrogen-bond donors (Lipinski definition) is 1. The molecular weight excluding hydrogens is 294 g/mol. The van der Waals surface area contributed by atoms with Crippen molar-refractivity contribution in [3.05, 3.63) is 52.9 Å². The summed E-state index contributed by atoms with van der Waals surface area (Å²) in [6, 6.07) is 12.2. The molecular formula is C18H15NO4. The summed E-state index contributed by atoms with van der Waals surface area (Å²) in [5.74, 6) is 0.0830. The predicted octanol–water partition coefficient (Wildman–Crippen LogP) is 2.60. The molecule has 0 bridgehead atoms. The predicted molar refractivity (Wildman–Crippen MR) is 86.6 cm³/mol. The fourth-order valence-electron chi connectivity index (χ4n) is 3.00. The molecule has 1 aromatic heterocycles. The van der Waals surface area contributed by atoms with Crippen LogP contribution in [0.25, 0.3) is 21.7 Å². The Bertz CT molecular complexity index is 954. The van der Waals surface area contributed by atoms with Gasteiger partial charge in [-0.1, -0.05) is 18.2 Å². The Morgan fingerprint density at radius 2 is 1.96 bits per heavy atom. The van der Waals surface area contributed by atoms with Gasteiger partial charge in [-0.3, -0.25) is 0 Å². The number of benzene rings is 2. The summed E-state index contributed by atoms with van der Waals surface area (Å²) in [7, 11) is 0. The Balaban J connectivity index is 1.74. The summed E-state index contributed by atoms with van der Waals surface area (Å²) in [6.07, 6.45) is 1.75. The van der Waals surface area contributed by atoms with Gasteiger partial charge < -0.3 is 14.5 Å². The SMILES string of the molecule is O=C(Oc1ccc2c(c1)oc(=O)c1ccccc12)C1CCCN1. The number of carbonyl (C=O) groups excluding carboxylic acids is 1. The molecule has 116 valence electrons. The first kappa shape index (κ1) is 14.0. The highest BCUT2D eigenvalue weighted by Crippen LogP contribution is 2.26. The quantitative estimate of drug-likeness (QED) is 0.341. The largest absolute Gasteiger partial charge is 0.425 e. The van der Waals surface area contributed by atoms with E-state index >= 15 is 0 Å². The number of rotatable bonds is 2. The van der Waals surface area contributed by atoms with Gasteiger partial charge in [-0.05, 0) is 43.0 Å². The zero-order valence-electron chi connectivity index (χ0n) is 12.4. The highest BCUT2D eigenvalue weighted by Gasteiger charge is 2.24. The fourth-order valence-corrected chi connectivity index (χ4v) is 3.00. The number of hydrogen-bond acceptors (Lipinski definition) is 5. The highest BCUT2D eigenvalue weighted by molar-refractivity contribution is 6.04. The van der Waals surface area contributed by atoms with Crippen LogP contribution in [0.1, 0.15) is 12.8 Å². The van der Waals surface area contributed by atoms with E-state index in [0.717, 1.165) is 30.2 Å². The van der Waals surface area contributed by atoms with E-state index in [-0.39, 0.29) is 12.0 Å². The Morgan fingerprint density at radius 3 is 2.74 bits per heavy atom. The van der Waals surface area contributed by atoms with Gasteiger partial charge in [-0.25, -0.2) is 9.59 Å². The smallest absolute Gasteiger partial charge is 0.344 e. The summed E-state index contributed by atoms with van der Waals surface area (Å²) >= 11 is 0. The molecule has 1 fully saturated rings. The van der Waals surface area contributed by atoms with Gasteiger partial charge in [0.1, 0.15) is 17.4 Å². The third-order valence-corrected chi connectivity index (χ3v) is 4.16. The first-order chi connectivity index (χ1) is 11.2. The van der Waals surface area contributed by atoms with E-state index < -0.39 is 5.63 Å². The van der Waals surface area contributed by atoms with E-state index in [1.54, 1.807) is 24.3 Å². The Morgan fingerprint density at radius 1 is 1.13 bits per heavy atom. The number of fused-ring (bicyclic) bond motifs is 3. The van der Waals surface area contributed by atoms with Crippen molar-refractivity contribution in [3.8, 4) is 5.75 Å². The third kappa shape index (κ3) is 2.49. The van der Waals surface area contributed by atoms with Gasteiger partial charge in [0, 0.05) is 11.5 Å². The van der Waals surface area contributed by atoms with Crippen LogP contribution < -0.4 is 15.7 Å². The highest BCUT2D eigenvalue weighted by atomic mass is 16.5. The molecule has 1 aliphatic rings. The van der Waals surface area contributed by atoms with Gasteiger partial charge in [0.2, 0.25) is 0 Å². The molecule has 5 heteroatoms. The number of ether oxygens (including phenoxy) is 1. The number of esters is 1. The van der Waals surface area contributed by atoms with Crippen molar-refractivity contribution in [2.75, 3.05) is 6.54 Å². The molecule has 1 unspecified atom stereocenters. The maximum atomic E-state index is 12.1. The standard InChI is InChI=1S/C18H15NO4/c20-17-14-5-2-1-4-12(14)13-8-7-11(10-16(13)23-17)22-18(21)15-6-3-9-19-15/h1-2,4-5,7-8,10,15,19H,3,6,9H2. The second-order valence-electron chi connectivity index (χ2n) is 5.66. The minimum absolute atomic E-state index is 0.255. The molecule has 5 nitrogen and oxygen atoms in total. The van der Waals surface area contributed by atoms with Gasteiger partial charge in [0.05, 0.1) is 5.39 Å². The molecule has 2 aromatic carbocycles. The molecule has 4 rings (SSSR count). The molecule has 1 N–H and O–H groups in total. The normalized spacial score (nSPS) is 17.7. The van der Waals surface area contributed by atoms with E-state index in [4.69, 9.17) is 9.15 Å². The molecule has 0 radical (unpaired) electrons. The van der Waals surface area contributed by atoms with Gasteiger partial charge in [-0.15, -0.1) is 0 Å². The lowest BCUT2D eigenvalue weighted by molar-refractivity contribution is -0.136. The number of carbonyl (C=O) groups is 1. The zero-order chi connectivity index (χ0) is 15.8. The fraction of sp³-hybridized carbons (Fsp3) is 0.222. The van der Waals surface area contributed by atoms with Crippen molar-refractivity contribution in [2.24, 2.45) is 0 Å². The van der Waals surface area contributed by atoms with Crippen molar-refractivity contribution >= 4 is 27.7 Å². The van der Waals surface area contributed by atoms with E-state index in [2.05, 4.69) is 5.32 Å². The molecule has 1 aliphatic heterocycles. The maximum absolute atomic E-state index is 12.1. The van der Waals surface area contributed by atoms with Gasteiger partial charge in [0.25, 0.3) is 0 Å². The van der Waals surface area contributed by atoms with Crippen LogP contribution >= 0.6 is 0 Å². The average Bonchev–Trinajstić information content (AvgIpc) is 3.09. The Kier molecular flexibility index (Phi) is 3.35. The van der Waals surface area contributed by atoms with E-state index in [1.807, 2.05) is 18.2 Å². The second kappa shape index (κ2) is 5.52. The van der Waals surface area contributed by atoms with Crippen molar-refractivity contribution in [3.63, 3.8) is 0 Å². The van der Waals surface area contributed by atoms with Crippen molar-refractivity contribution in [1.29, 1.82) is 0 Å². The molecule has 0 aliphatic carbocycles. The summed E-state index contributed by atoms with van der Waals surface area (Å²) in [5.41, 5.74) is 0.0208. The summed E-state index contributed by atoms with van der Waals surface area (Å²) < 4.78 is 10.8. The Labute approximate surface area is 131 Å². The summed E-state index contributed by atoms with van der Waals surface area (Å²) in [6.45, 7) is 0.832. The third-order valence-electron chi connectivity index (χ3n) is 4.16. The van der Waals surface area contributed by atoms with E-state index in [0.29, 0.717) is 16.7 Å². The molecule has 1 saturated heterocycles. The molecule has 3 aromatic rings. The molecule has 0 spiro atoms. The van der Waals surface area contributed by atoms with E-state index in [9.17, 15) is 9.59 Å². The van der Waals surface area contributed by atoms with Gasteiger partial charge in [-0.2, -0.15) is 0 Å². The minimum atomic E-state index is -0.394. The molecule has 2 heterocycles. The number of nitrogens with one attached hydrogen (secondary N) is 1. The lowest BCUT2D eigenvalue weighted by atomic mass is 10.1. The van der Waals surface area contributed by atoms with Crippen molar-refractivity contribution in [1.82, 2.24) is 5.32 Å². The summed E-state index contributed by atoms with van der Waals surface area (Å²) in [5, 5.41) is 5.29. The first-order valence-electron chi connectivity index (χ1n) is 7.63. The van der Waals surface area contributed by atoms with Crippen LogP contribution in [0.4, 0.5) is 0 Å². The van der Waals surface area contributed by atoms with E-state index in [1.165, 1.54) is 0 Å². The molecule has 1 atom stereocenters. The lowest BCUT2D eigenvalue weighted by Gasteiger charge is -2.10. The molecule has 0 amide bonds. The topological polar surface area (TPSA) is 68.5 Å². The minimum Gasteiger partial charge on any atom is -0.425 e. The van der Waals surface area contributed by atoms with Crippen LogP contribution in [0.5, 0.6) is 5.75 Å². The van der Waals surface area contributed by atoms with Gasteiger partial charge in [0.15, 0.2) is 0 Å². The zero-order valence-corrected chi connectivity index (χ0v) is 12.4. The summed E-state index contributed by atoms with van der Waals surface area (Å²) in [4.78, 5) is 24.1. The molecule has 0 saturated carbocycles. The van der Waals surface area contributed by atoms with Gasteiger partial charge >= 0.3 is 11.6 Å². The van der Waals surface area contributed by atoms with Crippen molar-refractivity contribution < 1.29 is 13.9 Å². The average molecular weight is 309 g/mol. The molecule has 23 heavy (non-hydrogen) atoms. The lowest BCUT2D eigenvalue weighted by Crippen LogP contribution is -2.34.